The van der Waals surface area contributed by atoms with Crippen LogP contribution >= 0.6 is 0 Å². The predicted molar refractivity (Wildman–Crippen MR) is 110 cm³/mol. The van der Waals surface area contributed by atoms with Crippen LogP contribution in [0.5, 0.6) is 11.5 Å². The highest BCUT2D eigenvalue weighted by Gasteiger charge is 2.01. The van der Waals surface area contributed by atoms with Crippen molar-refractivity contribution >= 4 is 12.1 Å². The van der Waals surface area contributed by atoms with Gasteiger partial charge in [0.1, 0.15) is 18.1 Å². The van der Waals surface area contributed by atoms with Crippen LogP contribution in [0.2, 0.25) is 0 Å². The summed E-state index contributed by atoms with van der Waals surface area (Å²) in [4.78, 5) is 11.7. The average Bonchev–Trinajstić information content (AvgIpc) is 2.73. The molecule has 0 radical (unpaired) electrons. The van der Waals surface area contributed by atoms with E-state index in [2.05, 4.69) is 41.7 Å². The van der Waals surface area contributed by atoms with Crippen LogP contribution in [-0.2, 0) is 11.4 Å². The topological polar surface area (TPSA) is 59.9 Å². The summed E-state index contributed by atoms with van der Waals surface area (Å²) < 4.78 is 11.1. The van der Waals surface area contributed by atoms with E-state index < -0.39 is 0 Å². The van der Waals surface area contributed by atoms with Crippen LogP contribution in [0, 0.1) is 6.92 Å². The van der Waals surface area contributed by atoms with Gasteiger partial charge in [-0.25, -0.2) is 5.43 Å². The summed E-state index contributed by atoms with van der Waals surface area (Å²) in [5.74, 6) is 1.10. The largest absolute Gasteiger partial charge is 0.489 e. The van der Waals surface area contributed by atoms with Crippen LogP contribution in [0.15, 0.2) is 84.0 Å². The number of hydrogen-bond donors (Lipinski definition) is 1. The molecule has 0 aromatic heterocycles. The number of aryl methyl sites for hydroxylation is 1. The number of carbonyl (C=O) groups is 1. The monoisotopic (exact) mass is 374 g/mol. The molecule has 0 aliphatic carbocycles. The quantitative estimate of drug-likeness (QED) is 0.477. The molecule has 0 saturated carbocycles. The van der Waals surface area contributed by atoms with E-state index >= 15 is 0 Å². The fraction of sp³-hybridized carbons (Fsp3) is 0.130. The maximum atomic E-state index is 11.7. The zero-order chi connectivity index (χ0) is 19.6. The lowest BCUT2D eigenvalue weighted by atomic mass is 10.2. The van der Waals surface area contributed by atoms with Crippen molar-refractivity contribution in [3.63, 3.8) is 0 Å². The number of nitrogens with zero attached hydrogens (tertiary/aromatic N) is 1. The molecule has 1 amide bonds. The Labute approximate surface area is 164 Å². The Morgan fingerprint density at radius 2 is 1.57 bits per heavy atom. The zero-order valence-corrected chi connectivity index (χ0v) is 15.7. The molecule has 142 valence electrons. The van der Waals surface area contributed by atoms with Crippen LogP contribution in [0.4, 0.5) is 0 Å². The first-order valence-electron chi connectivity index (χ1n) is 8.97. The summed E-state index contributed by atoms with van der Waals surface area (Å²) in [6.45, 7) is 2.49. The molecule has 3 aromatic carbocycles. The fourth-order valence-corrected chi connectivity index (χ4v) is 2.38. The number of hydrazone groups is 1. The molecule has 3 rings (SSSR count). The zero-order valence-electron chi connectivity index (χ0n) is 15.7. The molecule has 5 heteroatoms. The van der Waals surface area contributed by atoms with E-state index in [0.717, 1.165) is 16.9 Å². The maximum absolute atomic E-state index is 11.7. The molecule has 0 fully saturated rings. The highest BCUT2D eigenvalue weighted by atomic mass is 16.5. The van der Waals surface area contributed by atoms with E-state index in [1.165, 1.54) is 5.56 Å². The van der Waals surface area contributed by atoms with Gasteiger partial charge in [0.25, 0.3) is 5.91 Å². The molecule has 0 atom stereocenters. The Kier molecular flexibility index (Phi) is 6.79. The third-order valence-corrected chi connectivity index (χ3v) is 3.92. The molecule has 3 aromatic rings. The number of para-hydroxylation sites is 1. The van der Waals surface area contributed by atoms with E-state index in [1.807, 2.05) is 42.5 Å². The van der Waals surface area contributed by atoms with Crippen LogP contribution < -0.4 is 14.9 Å². The summed E-state index contributed by atoms with van der Waals surface area (Å²) in [5.41, 5.74) is 5.64. The lowest BCUT2D eigenvalue weighted by Gasteiger charge is -2.07. The second-order valence-electron chi connectivity index (χ2n) is 6.24. The molecule has 5 nitrogen and oxygen atoms in total. The summed E-state index contributed by atoms with van der Waals surface area (Å²) in [5, 5.41) is 3.94. The molecule has 0 bridgehead atoms. The van der Waals surface area contributed by atoms with Gasteiger partial charge in [0, 0.05) is 0 Å². The molecular formula is C23H22N2O3. The van der Waals surface area contributed by atoms with Crippen molar-refractivity contribution in [1.82, 2.24) is 5.43 Å². The van der Waals surface area contributed by atoms with E-state index in [4.69, 9.17) is 9.47 Å². The minimum atomic E-state index is -0.321. The van der Waals surface area contributed by atoms with Gasteiger partial charge < -0.3 is 9.47 Å². The van der Waals surface area contributed by atoms with Gasteiger partial charge in [0.05, 0.1) is 6.21 Å². The Balaban J connectivity index is 1.41. The van der Waals surface area contributed by atoms with Crippen LogP contribution in [0.3, 0.4) is 0 Å². The minimum Gasteiger partial charge on any atom is -0.489 e. The van der Waals surface area contributed by atoms with Gasteiger partial charge in [0.15, 0.2) is 6.61 Å². The number of hydrogen-bond acceptors (Lipinski definition) is 4. The van der Waals surface area contributed by atoms with Gasteiger partial charge in [0.2, 0.25) is 0 Å². The maximum Gasteiger partial charge on any atom is 0.277 e. The standard InChI is InChI=1S/C23H22N2O3/c1-18-7-9-20(10-8-18)16-27-22-13-11-19(12-14-22)15-24-25-23(26)17-28-21-5-3-2-4-6-21/h2-15H,16-17H2,1H3,(H,25,26)/b24-15+. The Bertz CT molecular complexity index is 905. The number of benzene rings is 3. The Morgan fingerprint density at radius 1 is 0.893 bits per heavy atom. The molecular weight excluding hydrogens is 352 g/mol. The Morgan fingerprint density at radius 3 is 2.29 bits per heavy atom. The van der Waals surface area contributed by atoms with Crippen LogP contribution in [-0.4, -0.2) is 18.7 Å². The van der Waals surface area contributed by atoms with Gasteiger partial charge in [-0.05, 0) is 54.4 Å². The summed E-state index contributed by atoms with van der Waals surface area (Å²) in [6.07, 6.45) is 1.57. The second kappa shape index (κ2) is 9.92. The van der Waals surface area contributed by atoms with Gasteiger partial charge in [-0.3, -0.25) is 4.79 Å². The predicted octanol–water partition coefficient (Wildman–Crippen LogP) is 4.10. The van der Waals surface area contributed by atoms with Crippen molar-refractivity contribution in [3.05, 3.63) is 95.6 Å². The highest BCUT2D eigenvalue weighted by molar-refractivity contribution is 5.83. The molecule has 0 aliphatic heterocycles. The smallest absolute Gasteiger partial charge is 0.277 e. The van der Waals surface area contributed by atoms with Crippen LogP contribution in [0.25, 0.3) is 0 Å². The van der Waals surface area contributed by atoms with Crippen molar-refractivity contribution in [2.24, 2.45) is 5.10 Å². The first-order chi connectivity index (χ1) is 13.7. The summed E-state index contributed by atoms with van der Waals surface area (Å²) >= 11 is 0. The van der Waals surface area contributed by atoms with E-state index in [9.17, 15) is 4.79 Å². The second-order valence-corrected chi connectivity index (χ2v) is 6.24. The first-order valence-corrected chi connectivity index (χ1v) is 8.97. The molecule has 0 unspecified atom stereocenters. The minimum absolute atomic E-state index is 0.0901. The lowest BCUT2D eigenvalue weighted by Crippen LogP contribution is -2.24. The fourth-order valence-electron chi connectivity index (χ4n) is 2.38. The number of carbonyl (C=O) groups excluding carboxylic acids is 1. The van der Waals surface area contributed by atoms with Gasteiger partial charge >= 0.3 is 0 Å². The molecule has 28 heavy (non-hydrogen) atoms. The van der Waals surface area contributed by atoms with Crippen LogP contribution in [0.1, 0.15) is 16.7 Å². The van der Waals surface area contributed by atoms with Crippen molar-refractivity contribution in [1.29, 1.82) is 0 Å². The molecule has 0 heterocycles. The highest BCUT2D eigenvalue weighted by Crippen LogP contribution is 2.14. The number of nitrogens with one attached hydrogen (secondary N) is 1. The number of rotatable bonds is 8. The van der Waals surface area contributed by atoms with Gasteiger partial charge in [-0.1, -0.05) is 48.0 Å². The molecule has 0 aliphatic rings. The van der Waals surface area contributed by atoms with E-state index in [-0.39, 0.29) is 12.5 Å². The Hall–Kier alpha value is -3.60. The summed E-state index contributed by atoms with van der Waals surface area (Å²) in [7, 11) is 0. The lowest BCUT2D eigenvalue weighted by molar-refractivity contribution is -0.123. The van der Waals surface area contributed by atoms with Crippen molar-refractivity contribution in [2.75, 3.05) is 6.61 Å². The summed E-state index contributed by atoms with van der Waals surface area (Å²) in [6, 6.07) is 24.9. The first kappa shape index (κ1) is 19.2. The molecule has 0 spiro atoms. The van der Waals surface area contributed by atoms with E-state index in [1.54, 1.807) is 18.3 Å². The van der Waals surface area contributed by atoms with Crippen molar-refractivity contribution < 1.29 is 14.3 Å². The normalized spacial score (nSPS) is 10.6. The van der Waals surface area contributed by atoms with Gasteiger partial charge in [-0.2, -0.15) is 5.10 Å². The van der Waals surface area contributed by atoms with Gasteiger partial charge in [-0.15, -0.1) is 0 Å². The SMILES string of the molecule is Cc1ccc(COc2ccc(/C=N/NC(=O)COc3ccccc3)cc2)cc1. The third-order valence-electron chi connectivity index (χ3n) is 3.92. The third kappa shape index (κ3) is 6.29. The van der Waals surface area contributed by atoms with Crippen molar-refractivity contribution in [3.8, 4) is 11.5 Å². The average molecular weight is 374 g/mol. The molecule has 0 saturated heterocycles. The molecule has 1 N–H and O–H groups in total. The van der Waals surface area contributed by atoms with Crippen molar-refractivity contribution in [2.45, 2.75) is 13.5 Å². The number of ether oxygens (including phenoxy) is 2. The number of amides is 1. The van der Waals surface area contributed by atoms with E-state index in [0.29, 0.717) is 12.4 Å².